The van der Waals surface area contributed by atoms with Crippen molar-refractivity contribution in [3.05, 3.63) is 0 Å². The Morgan fingerprint density at radius 1 is 1.28 bits per heavy atom. The van der Waals surface area contributed by atoms with Crippen LogP contribution in [0.1, 0.15) is 45.4 Å². The van der Waals surface area contributed by atoms with Gasteiger partial charge in [-0.3, -0.25) is 9.59 Å². The van der Waals surface area contributed by atoms with Crippen LogP contribution in [0, 0.1) is 23.7 Å². The second-order valence-electron chi connectivity index (χ2n) is 6.15. The quantitative estimate of drug-likeness (QED) is 0.761. The smallest absolute Gasteiger partial charge is 0.303 e. The lowest BCUT2D eigenvalue weighted by Gasteiger charge is -2.22. The molecule has 0 heterocycles. The SMILES string of the molecule is CC(CC(=O)O)CC(=O)NCC1CC2CCC1C2. The molecule has 2 saturated carbocycles. The highest BCUT2D eigenvalue weighted by molar-refractivity contribution is 5.77. The number of carboxylic acids is 1. The van der Waals surface area contributed by atoms with Gasteiger partial charge in [0.1, 0.15) is 0 Å². The number of rotatable bonds is 6. The van der Waals surface area contributed by atoms with E-state index in [1.807, 2.05) is 6.92 Å². The zero-order chi connectivity index (χ0) is 13.1. The van der Waals surface area contributed by atoms with E-state index in [1.54, 1.807) is 0 Å². The molecule has 2 aliphatic carbocycles. The molecule has 4 atom stereocenters. The molecule has 0 aromatic heterocycles. The van der Waals surface area contributed by atoms with Gasteiger partial charge in [0.25, 0.3) is 0 Å². The number of carboxylic acid groups (broad SMARTS) is 1. The largest absolute Gasteiger partial charge is 0.481 e. The predicted molar refractivity (Wildman–Crippen MR) is 68.0 cm³/mol. The highest BCUT2D eigenvalue weighted by Gasteiger charge is 2.39. The van der Waals surface area contributed by atoms with Gasteiger partial charge in [-0.2, -0.15) is 0 Å². The molecule has 0 aliphatic heterocycles. The number of hydrogen-bond donors (Lipinski definition) is 2. The second-order valence-corrected chi connectivity index (χ2v) is 6.15. The molecule has 0 aromatic rings. The van der Waals surface area contributed by atoms with E-state index < -0.39 is 5.97 Å². The van der Waals surface area contributed by atoms with Crippen molar-refractivity contribution in [3.8, 4) is 0 Å². The Hall–Kier alpha value is -1.06. The molecular weight excluding hydrogens is 230 g/mol. The normalized spacial score (nSPS) is 31.3. The fraction of sp³-hybridized carbons (Fsp3) is 0.857. The van der Waals surface area contributed by atoms with Gasteiger partial charge >= 0.3 is 5.97 Å². The first-order valence-electron chi connectivity index (χ1n) is 7.03. The summed E-state index contributed by atoms with van der Waals surface area (Å²) in [6, 6.07) is 0. The first-order chi connectivity index (χ1) is 8.54. The number of hydrogen-bond acceptors (Lipinski definition) is 2. The summed E-state index contributed by atoms with van der Waals surface area (Å²) in [5.74, 6) is 1.49. The zero-order valence-corrected chi connectivity index (χ0v) is 11.0. The molecule has 2 rings (SSSR count). The summed E-state index contributed by atoms with van der Waals surface area (Å²) in [6.07, 6.45) is 5.74. The number of aliphatic carboxylic acids is 1. The fourth-order valence-corrected chi connectivity index (χ4v) is 3.63. The number of carbonyl (C=O) groups is 2. The summed E-state index contributed by atoms with van der Waals surface area (Å²) in [5.41, 5.74) is 0. The van der Waals surface area contributed by atoms with Crippen LogP contribution in [0.2, 0.25) is 0 Å². The summed E-state index contributed by atoms with van der Waals surface area (Å²) >= 11 is 0. The highest BCUT2D eigenvalue weighted by Crippen LogP contribution is 2.47. The van der Waals surface area contributed by atoms with Gasteiger partial charge in [-0.1, -0.05) is 13.3 Å². The van der Waals surface area contributed by atoms with Crippen LogP contribution in [0.25, 0.3) is 0 Å². The van der Waals surface area contributed by atoms with Crippen molar-refractivity contribution < 1.29 is 14.7 Å². The third-order valence-electron chi connectivity index (χ3n) is 4.50. The van der Waals surface area contributed by atoms with E-state index in [1.165, 1.54) is 25.7 Å². The summed E-state index contributed by atoms with van der Waals surface area (Å²) in [4.78, 5) is 22.2. The maximum atomic E-state index is 11.7. The highest BCUT2D eigenvalue weighted by atomic mass is 16.4. The molecule has 0 saturated heterocycles. The lowest BCUT2D eigenvalue weighted by atomic mass is 9.89. The minimum Gasteiger partial charge on any atom is -0.481 e. The molecule has 2 aliphatic rings. The van der Waals surface area contributed by atoms with Gasteiger partial charge in [0.05, 0.1) is 0 Å². The van der Waals surface area contributed by atoms with Gasteiger partial charge in [0.2, 0.25) is 5.91 Å². The van der Waals surface area contributed by atoms with E-state index >= 15 is 0 Å². The number of fused-ring (bicyclic) bond motifs is 2. The maximum absolute atomic E-state index is 11.7. The zero-order valence-electron chi connectivity index (χ0n) is 11.0. The molecule has 0 radical (unpaired) electrons. The van der Waals surface area contributed by atoms with Crippen LogP contribution in [-0.2, 0) is 9.59 Å². The van der Waals surface area contributed by atoms with Crippen molar-refractivity contribution in [1.29, 1.82) is 0 Å². The average molecular weight is 253 g/mol. The standard InChI is InChI=1S/C14H23NO3/c1-9(5-14(17)18)4-13(16)15-8-12-7-10-2-3-11(12)6-10/h9-12H,2-8H2,1H3,(H,15,16)(H,17,18). The molecule has 2 bridgehead atoms. The Bertz CT molecular complexity index is 329. The Morgan fingerprint density at radius 2 is 2.06 bits per heavy atom. The molecular formula is C14H23NO3. The Morgan fingerprint density at radius 3 is 2.61 bits per heavy atom. The lowest BCUT2D eigenvalue weighted by molar-refractivity contribution is -0.138. The van der Waals surface area contributed by atoms with Gasteiger partial charge in [-0.15, -0.1) is 0 Å². The number of amides is 1. The summed E-state index contributed by atoms with van der Waals surface area (Å²) in [7, 11) is 0. The fourth-order valence-electron chi connectivity index (χ4n) is 3.63. The molecule has 0 spiro atoms. The van der Waals surface area contributed by atoms with E-state index in [-0.39, 0.29) is 18.2 Å². The van der Waals surface area contributed by atoms with Crippen LogP contribution in [-0.4, -0.2) is 23.5 Å². The first-order valence-corrected chi connectivity index (χ1v) is 7.03. The van der Waals surface area contributed by atoms with Crippen LogP contribution in [0.4, 0.5) is 0 Å². The van der Waals surface area contributed by atoms with Crippen LogP contribution >= 0.6 is 0 Å². The van der Waals surface area contributed by atoms with Gasteiger partial charge in [0, 0.05) is 19.4 Å². The van der Waals surface area contributed by atoms with Crippen LogP contribution in [0.3, 0.4) is 0 Å². The number of nitrogens with one attached hydrogen (secondary N) is 1. The molecule has 1 amide bonds. The van der Waals surface area contributed by atoms with Crippen molar-refractivity contribution in [1.82, 2.24) is 5.32 Å². The van der Waals surface area contributed by atoms with Crippen molar-refractivity contribution in [2.24, 2.45) is 23.7 Å². The van der Waals surface area contributed by atoms with Gasteiger partial charge < -0.3 is 10.4 Å². The van der Waals surface area contributed by atoms with Gasteiger partial charge in [-0.25, -0.2) is 0 Å². The van der Waals surface area contributed by atoms with Crippen molar-refractivity contribution in [2.75, 3.05) is 6.54 Å². The maximum Gasteiger partial charge on any atom is 0.303 e. The van der Waals surface area contributed by atoms with Crippen molar-refractivity contribution in [3.63, 3.8) is 0 Å². The minimum atomic E-state index is -0.830. The molecule has 2 fully saturated rings. The summed E-state index contributed by atoms with van der Waals surface area (Å²) in [5, 5.41) is 11.6. The van der Waals surface area contributed by atoms with E-state index in [9.17, 15) is 9.59 Å². The van der Waals surface area contributed by atoms with Gasteiger partial charge in [-0.05, 0) is 42.9 Å². The van der Waals surface area contributed by atoms with Crippen molar-refractivity contribution in [2.45, 2.75) is 45.4 Å². The average Bonchev–Trinajstić information content (AvgIpc) is 2.86. The van der Waals surface area contributed by atoms with Crippen LogP contribution in [0.15, 0.2) is 0 Å². The summed E-state index contributed by atoms with van der Waals surface area (Å²) in [6.45, 7) is 2.60. The molecule has 102 valence electrons. The monoisotopic (exact) mass is 253 g/mol. The molecule has 18 heavy (non-hydrogen) atoms. The minimum absolute atomic E-state index is 0.00604. The molecule has 4 unspecified atom stereocenters. The van der Waals surface area contributed by atoms with E-state index in [2.05, 4.69) is 5.32 Å². The third kappa shape index (κ3) is 3.47. The molecule has 0 aromatic carbocycles. The second kappa shape index (κ2) is 5.72. The molecule has 2 N–H and O–H groups in total. The number of carbonyl (C=O) groups excluding carboxylic acids is 1. The van der Waals surface area contributed by atoms with E-state index in [0.29, 0.717) is 12.3 Å². The van der Waals surface area contributed by atoms with Gasteiger partial charge in [0.15, 0.2) is 0 Å². The predicted octanol–water partition coefficient (Wildman–Crippen LogP) is 2.04. The Balaban J connectivity index is 1.64. The molecule has 4 heteroatoms. The Kier molecular flexibility index (Phi) is 4.25. The molecule has 4 nitrogen and oxygen atoms in total. The van der Waals surface area contributed by atoms with E-state index in [4.69, 9.17) is 5.11 Å². The van der Waals surface area contributed by atoms with Crippen LogP contribution < -0.4 is 5.32 Å². The van der Waals surface area contributed by atoms with E-state index in [0.717, 1.165) is 18.4 Å². The third-order valence-corrected chi connectivity index (χ3v) is 4.50. The van der Waals surface area contributed by atoms with Crippen molar-refractivity contribution >= 4 is 11.9 Å². The summed E-state index contributed by atoms with van der Waals surface area (Å²) < 4.78 is 0. The lowest BCUT2D eigenvalue weighted by Crippen LogP contribution is -2.32. The Labute approximate surface area is 108 Å². The van der Waals surface area contributed by atoms with Crippen LogP contribution in [0.5, 0.6) is 0 Å². The first kappa shape index (κ1) is 13.4. The topological polar surface area (TPSA) is 66.4 Å².